The molecule has 2 aliphatic heterocycles. The van der Waals surface area contributed by atoms with E-state index in [0.717, 1.165) is 24.3 Å². The minimum atomic E-state index is -1.86. The lowest BCUT2D eigenvalue weighted by atomic mass is 10.1. The number of hydrogen-bond acceptors (Lipinski definition) is 16. The first kappa shape index (κ1) is 30.7. The van der Waals surface area contributed by atoms with Crippen molar-refractivity contribution in [3.63, 3.8) is 0 Å². The van der Waals surface area contributed by atoms with Gasteiger partial charge in [0.15, 0.2) is 23.5 Å². The van der Waals surface area contributed by atoms with Crippen molar-refractivity contribution in [2.75, 3.05) is 6.61 Å². The molecule has 2 fully saturated rings. The number of rotatable bonds is 8. The van der Waals surface area contributed by atoms with Gasteiger partial charge >= 0.3 is 0 Å². The Morgan fingerprint density at radius 1 is 0.814 bits per heavy atom. The lowest BCUT2D eigenvalue weighted by Gasteiger charge is -2.23. The summed E-state index contributed by atoms with van der Waals surface area (Å²) in [6.07, 6.45) is -15.5. The van der Waals surface area contributed by atoms with E-state index in [2.05, 4.69) is 0 Å². The Morgan fingerprint density at radius 2 is 1.47 bits per heavy atom. The molecule has 3 aromatic rings. The van der Waals surface area contributed by atoms with Gasteiger partial charge in [-0.2, -0.15) is 0 Å². The second-order valence-electron chi connectivity index (χ2n) is 10.3. The van der Waals surface area contributed by atoms with Gasteiger partial charge in [-0.1, -0.05) is 0 Å². The van der Waals surface area contributed by atoms with E-state index in [9.17, 15) is 55.9 Å². The number of aliphatic hydroxyl groups excluding tert-OH is 6. The predicted molar refractivity (Wildman–Crippen MR) is 140 cm³/mol. The van der Waals surface area contributed by atoms with Crippen molar-refractivity contribution in [3.05, 3.63) is 40.6 Å². The van der Waals surface area contributed by atoms with Gasteiger partial charge in [-0.25, -0.2) is 0 Å². The molecule has 0 aliphatic carbocycles. The summed E-state index contributed by atoms with van der Waals surface area (Å²) in [7, 11) is 0. The molecule has 2 aromatic carbocycles. The highest BCUT2D eigenvalue weighted by atomic mass is 16.7. The zero-order chi connectivity index (χ0) is 31.3. The highest BCUT2D eigenvalue weighted by molar-refractivity contribution is 5.88. The SMILES string of the molecule is C[C@H](O)[C@@H]1O[C@@H](OC[C@@H](O)[C@H]2O[C@@H](Oc3c(-c4ccc(O)c(O)c4)oc4cc(O)cc(O)c4c3=O)[C@H](O)[C@H]2O)[C@H](O)[C@@H]1O. The quantitative estimate of drug-likeness (QED) is 0.127. The van der Waals surface area contributed by atoms with Gasteiger partial charge in [-0.3, -0.25) is 4.79 Å². The number of phenols is 4. The maximum absolute atomic E-state index is 13.5. The predicted octanol–water partition coefficient (Wildman–Crippen LogP) is -1.69. The monoisotopic (exact) mass is 610 g/mol. The highest BCUT2D eigenvalue weighted by Gasteiger charge is 2.50. The molecular weight excluding hydrogens is 580 g/mol. The third-order valence-corrected chi connectivity index (χ3v) is 7.19. The van der Waals surface area contributed by atoms with Crippen LogP contribution in [0, 0.1) is 0 Å². The molecule has 16 nitrogen and oxygen atoms in total. The number of fused-ring (bicyclic) bond motifs is 1. The van der Waals surface area contributed by atoms with Crippen LogP contribution in [0.3, 0.4) is 0 Å². The van der Waals surface area contributed by atoms with Crippen molar-refractivity contribution in [3.8, 4) is 40.1 Å². The molecule has 0 bridgehead atoms. The van der Waals surface area contributed by atoms with Crippen LogP contribution in [0.5, 0.6) is 28.7 Å². The number of hydrogen-bond donors (Lipinski definition) is 10. The molecule has 5 rings (SSSR count). The minimum Gasteiger partial charge on any atom is -0.508 e. The average Bonchev–Trinajstić information content (AvgIpc) is 3.39. The van der Waals surface area contributed by atoms with Crippen molar-refractivity contribution >= 4 is 11.0 Å². The standard InChI is InChI=1S/C27H30O16/c1-8(28)22-18(35)20(37)26(41-22)39-7-14(33)24-19(36)21(38)27(42-24)43-25-17(34)16-13(32)5-10(29)6-15(16)40-23(25)9-2-3-11(30)12(31)4-9/h2-6,8,14,18-22,24,26-33,35-38H,7H2,1H3/t8-,14+,18-,19+,20+,21+,22-,24+,26+,27-/m0/s1. The second kappa shape index (κ2) is 11.8. The van der Waals surface area contributed by atoms with Crippen LogP contribution in [0.1, 0.15) is 6.92 Å². The molecule has 2 saturated heterocycles. The van der Waals surface area contributed by atoms with E-state index in [4.69, 9.17) is 23.4 Å². The normalized spacial score (nSPS) is 30.5. The van der Waals surface area contributed by atoms with Gasteiger partial charge in [0.1, 0.15) is 65.2 Å². The smallest absolute Gasteiger partial charge is 0.239 e. The van der Waals surface area contributed by atoms with Crippen molar-refractivity contribution in [1.82, 2.24) is 0 Å². The average molecular weight is 611 g/mol. The fraction of sp³-hybridized carbons (Fsp3) is 0.444. The molecule has 3 heterocycles. The van der Waals surface area contributed by atoms with Crippen LogP contribution in [-0.2, 0) is 14.2 Å². The number of aromatic hydroxyl groups is 4. The van der Waals surface area contributed by atoms with Crippen LogP contribution >= 0.6 is 0 Å². The zero-order valence-electron chi connectivity index (χ0n) is 22.3. The summed E-state index contributed by atoms with van der Waals surface area (Å²) in [6.45, 7) is 0.689. The molecule has 0 saturated carbocycles. The van der Waals surface area contributed by atoms with Gasteiger partial charge in [0, 0.05) is 17.7 Å². The summed E-state index contributed by atoms with van der Waals surface area (Å²) in [6, 6.07) is 5.27. The summed E-state index contributed by atoms with van der Waals surface area (Å²) in [5, 5.41) is 101. The van der Waals surface area contributed by atoms with Crippen molar-refractivity contribution in [1.29, 1.82) is 0 Å². The molecule has 1 aromatic heterocycles. The van der Waals surface area contributed by atoms with Crippen LogP contribution in [0.15, 0.2) is 39.5 Å². The molecular formula is C27H30O16. The molecule has 0 spiro atoms. The molecule has 234 valence electrons. The van der Waals surface area contributed by atoms with Crippen molar-refractivity contribution in [2.45, 2.75) is 68.3 Å². The first-order valence-corrected chi connectivity index (χ1v) is 13.0. The molecule has 43 heavy (non-hydrogen) atoms. The maximum Gasteiger partial charge on any atom is 0.239 e. The van der Waals surface area contributed by atoms with Crippen LogP contribution in [0.4, 0.5) is 0 Å². The van der Waals surface area contributed by atoms with E-state index < -0.39 is 108 Å². The fourth-order valence-electron chi connectivity index (χ4n) is 4.93. The topological polar surface area (TPSA) is 269 Å². The van der Waals surface area contributed by atoms with Crippen LogP contribution < -0.4 is 10.2 Å². The van der Waals surface area contributed by atoms with Crippen LogP contribution in [0.2, 0.25) is 0 Å². The molecule has 10 atom stereocenters. The number of aliphatic hydroxyl groups is 6. The fourth-order valence-corrected chi connectivity index (χ4v) is 4.93. The van der Waals surface area contributed by atoms with Crippen LogP contribution in [0.25, 0.3) is 22.3 Å². The van der Waals surface area contributed by atoms with Gasteiger partial charge in [0.25, 0.3) is 0 Å². The zero-order valence-corrected chi connectivity index (χ0v) is 22.3. The molecule has 10 N–H and O–H groups in total. The van der Waals surface area contributed by atoms with Gasteiger partial charge < -0.3 is 74.4 Å². The van der Waals surface area contributed by atoms with Crippen LogP contribution in [-0.4, -0.2) is 119 Å². The van der Waals surface area contributed by atoms with Crippen molar-refractivity contribution < 1.29 is 74.4 Å². The van der Waals surface area contributed by atoms with E-state index in [1.54, 1.807) is 0 Å². The molecule has 16 heteroatoms. The van der Waals surface area contributed by atoms with E-state index in [1.165, 1.54) is 13.0 Å². The Balaban J connectivity index is 1.40. The molecule has 0 unspecified atom stereocenters. The van der Waals surface area contributed by atoms with E-state index in [1.807, 2.05) is 0 Å². The summed E-state index contributed by atoms with van der Waals surface area (Å²) in [5.74, 6) is -3.25. The number of benzene rings is 2. The first-order chi connectivity index (χ1) is 20.3. The van der Waals surface area contributed by atoms with Crippen molar-refractivity contribution in [2.24, 2.45) is 0 Å². The lowest BCUT2D eigenvalue weighted by molar-refractivity contribution is -0.202. The summed E-state index contributed by atoms with van der Waals surface area (Å²) in [5.41, 5.74) is -1.30. The minimum absolute atomic E-state index is 0.0158. The van der Waals surface area contributed by atoms with Gasteiger partial charge in [0.2, 0.25) is 17.5 Å². The molecule has 2 aliphatic rings. The third kappa shape index (κ3) is 5.67. The Bertz CT molecular complexity index is 1540. The Morgan fingerprint density at radius 3 is 2.12 bits per heavy atom. The number of phenolic OH excluding ortho intramolecular Hbond substituents is 4. The molecule has 0 radical (unpaired) electrons. The molecule has 0 amide bonds. The van der Waals surface area contributed by atoms with E-state index in [0.29, 0.717) is 0 Å². The third-order valence-electron chi connectivity index (χ3n) is 7.19. The largest absolute Gasteiger partial charge is 0.508 e. The number of ether oxygens (including phenoxy) is 4. The Labute approximate surface area is 241 Å². The Hall–Kier alpha value is -3.71. The summed E-state index contributed by atoms with van der Waals surface area (Å²) >= 11 is 0. The summed E-state index contributed by atoms with van der Waals surface area (Å²) < 4.78 is 27.4. The first-order valence-electron chi connectivity index (χ1n) is 13.0. The van der Waals surface area contributed by atoms with Gasteiger partial charge in [-0.15, -0.1) is 0 Å². The second-order valence-corrected chi connectivity index (χ2v) is 10.3. The lowest BCUT2D eigenvalue weighted by Crippen LogP contribution is -2.43. The maximum atomic E-state index is 13.5. The van der Waals surface area contributed by atoms with Gasteiger partial charge in [-0.05, 0) is 25.1 Å². The van der Waals surface area contributed by atoms with Gasteiger partial charge in [0.05, 0.1) is 12.7 Å². The van der Waals surface area contributed by atoms with E-state index >= 15 is 0 Å². The highest BCUT2D eigenvalue weighted by Crippen LogP contribution is 2.39. The summed E-state index contributed by atoms with van der Waals surface area (Å²) in [4.78, 5) is 13.5. The van der Waals surface area contributed by atoms with E-state index in [-0.39, 0.29) is 16.9 Å². The Kier molecular flexibility index (Phi) is 8.41.